The van der Waals surface area contributed by atoms with Gasteiger partial charge in [-0.3, -0.25) is 24.2 Å². The van der Waals surface area contributed by atoms with E-state index in [9.17, 15) is 14.4 Å². The number of anilines is 1. The first-order valence-electron chi connectivity index (χ1n) is 11.5. The highest BCUT2D eigenvalue weighted by atomic mass is 16.2. The van der Waals surface area contributed by atoms with E-state index in [0.29, 0.717) is 37.2 Å². The summed E-state index contributed by atoms with van der Waals surface area (Å²) < 4.78 is 0. The van der Waals surface area contributed by atoms with Gasteiger partial charge in [0.1, 0.15) is 5.66 Å². The Hall–Kier alpha value is -2.41. The maximum absolute atomic E-state index is 13.3. The number of fused-ring (bicyclic) bond motifs is 3. The number of amides is 3. The van der Waals surface area contributed by atoms with Crippen LogP contribution >= 0.6 is 0 Å². The number of rotatable bonds is 6. The zero-order valence-electron chi connectivity index (χ0n) is 18.9. The first-order valence-corrected chi connectivity index (χ1v) is 11.5. The number of carbonyl (C=O) groups excluding carboxylic acids is 3. The molecule has 168 valence electrons. The predicted octanol–water partition coefficient (Wildman–Crippen LogP) is 2.76. The van der Waals surface area contributed by atoms with Gasteiger partial charge in [0.15, 0.2) is 0 Å². The van der Waals surface area contributed by atoms with Crippen molar-refractivity contribution in [1.82, 2.24) is 15.1 Å². The van der Waals surface area contributed by atoms with Gasteiger partial charge < -0.3 is 10.2 Å². The van der Waals surface area contributed by atoms with Gasteiger partial charge in [-0.2, -0.15) is 0 Å². The number of piperidine rings is 1. The van der Waals surface area contributed by atoms with Crippen molar-refractivity contribution in [2.75, 3.05) is 31.1 Å². The van der Waals surface area contributed by atoms with Gasteiger partial charge in [-0.25, -0.2) is 0 Å². The molecule has 3 amide bonds. The van der Waals surface area contributed by atoms with Crippen LogP contribution < -0.4 is 10.2 Å². The molecule has 0 saturated carbocycles. The minimum Gasteiger partial charge on any atom is -0.354 e. The molecule has 2 fully saturated rings. The van der Waals surface area contributed by atoms with Gasteiger partial charge in [-0.05, 0) is 65.3 Å². The van der Waals surface area contributed by atoms with Crippen LogP contribution in [0.3, 0.4) is 0 Å². The van der Waals surface area contributed by atoms with Crippen molar-refractivity contribution in [3.05, 3.63) is 29.8 Å². The molecule has 2 saturated heterocycles. The van der Waals surface area contributed by atoms with Crippen LogP contribution in [0.4, 0.5) is 5.69 Å². The van der Waals surface area contributed by atoms with Crippen molar-refractivity contribution in [1.29, 1.82) is 0 Å². The summed E-state index contributed by atoms with van der Waals surface area (Å²) in [5.41, 5.74) is 0.412. The van der Waals surface area contributed by atoms with Crippen LogP contribution in [0.15, 0.2) is 24.3 Å². The van der Waals surface area contributed by atoms with Gasteiger partial charge in [-0.15, -0.1) is 0 Å². The minimum absolute atomic E-state index is 0.0279. The molecule has 31 heavy (non-hydrogen) atoms. The third-order valence-corrected chi connectivity index (χ3v) is 7.24. The lowest BCUT2D eigenvalue weighted by molar-refractivity contribution is -0.122. The SMILES string of the molecule is CC(C)(CNC(=O)CCN1C(=O)c2ccccc2N2C(=O)CCC12C)N1CCCCC1. The molecule has 7 nitrogen and oxygen atoms in total. The van der Waals surface area contributed by atoms with E-state index in [1.54, 1.807) is 15.9 Å². The summed E-state index contributed by atoms with van der Waals surface area (Å²) in [5.74, 6) is -0.137. The van der Waals surface area contributed by atoms with E-state index in [1.165, 1.54) is 19.3 Å². The topological polar surface area (TPSA) is 73.0 Å². The van der Waals surface area contributed by atoms with E-state index < -0.39 is 5.66 Å². The highest BCUT2D eigenvalue weighted by Gasteiger charge is 2.52. The molecule has 0 radical (unpaired) electrons. The zero-order valence-corrected chi connectivity index (χ0v) is 18.9. The van der Waals surface area contributed by atoms with Crippen molar-refractivity contribution in [2.24, 2.45) is 0 Å². The molecule has 0 bridgehead atoms. The third-order valence-electron chi connectivity index (χ3n) is 7.24. The molecule has 3 aliphatic heterocycles. The van der Waals surface area contributed by atoms with Gasteiger partial charge in [0.05, 0.1) is 11.3 Å². The summed E-state index contributed by atoms with van der Waals surface area (Å²) >= 11 is 0. The maximum Gasteiger partial charge on any atom is 0.257 e. The zero-order chi connectivity index (χ0) is 22.2. The Kier molecular flexibility index (Phi) is 5.81. The summed E-state index contributed by atoms with van der Waals surface area (Å²) in [6.07, 6.45) is 4.92. The number of benzene rings is 1. The Morgan fingerprint density at radius 1 is 1.13 bits per heavy atom. The molecule has 3 heterocycles. The molecule has 4 rings (SSSR count). The quantitative estimate of drug-likeness (QED) is 0.759. The molecule has 3 aliphatic rings. The summed E-state index contributed by atoms with van der Waals surface area (Å²) in [6, 6.07) is 7.26. The summed E-state index contributed by atoms with van der Waals surface area (Å²) in [5, 5.41) is 3.08. The first-order chi connectivity index (χ1) is 14.7. The average Bonchev–Trinajstić information content (AvgIpc) is 3.08. The first kappa shape index (κ1) is 21.8. The molecule has 1 unspecified atom stereocenters. The monoisotopic (exact) mass is 426 g/mol. The highest BCUT2D eigenvalue weighted by molar-refractivity contribution is 6.10. The normalized spacial score (nSPS) is 24.2. The van der Waals surface area contributed by atoms with E-state index in [2.05, 4.69) is 24.1 Å². The average molecular weight is 427 g/mol. The van der Waals surface area contributed by atoms with Crippen molar-refractivity contribution in [2.45, 2.75) is 70.5 Å². The van der Waals surface area contributed by atoms with E-state index in [-0.39, 0.29) is 29.7 Å². The maximum atomic E-state index is 13.3. The summed E-state index contributed by atoms with van der Waals surface area (Å²) in [6.45, 7) is 9.32. The Bertz CT molecular complexity index is 877. The second-order valence-electron chi connectivity index (χ2n) is 9.81. The second-order valence-corrected chi connectivity index (χ2v) is 9.81. The molecule has 0 aromatic heterocycles. The lowest BCUT2D eigenvalue weighted by Crippen LogP contribution is -2.62. The number of hydrogen-bond donors (Lipinski definition) is 1. The van der Waals surface area contributed by atoms with Crippen molar-refractivity contribution >= 4 is 23.4 Å². The molecule has 0 spiro atoms. The van der Waals surface area contributed by atoms with Gasteiger partial charge in [0.2, 0.25) is 11.8 Å². The largest absolute Gasteiger partial charge is 0.354 e. The van der Waals surface area contributed by atoms with Crippen molar-refractivity contribution < 1.29 is 14.4 Å². The lowest BCUT2D eigenvalue weighted by atomic mass is 9.97. The van der Waals surface area contributed by atoms with Gasteiger partial charge >= 0.3 is 0 Å². The van der Waals surface area contributed by atoms with Crippen LogP contribution in [-0.4, -0.2) is 64.9 Å². The van der Waals surface area contributed by atoms with Crippen LogP contribution in [0, 0.1) is 0 Å². The van der Waals surface area contributed by atoms with Crippen LogP contribution in [-0.2, 0) is 9.59 Å². The molecular formula is C24H34N4O3. The molecule has 1 atom stereocenters. The van der Waals surface area contributed by atoms with Crippen LogP contribution in [0.25, 0.3) is 0 Å². The van der Waals surface area contributed by atoms with Crippen LogP contribution in [0.5, 0.6) is 0 Å². The van der Waals surface area contributed by atoms with E-state index in [1.807, 2.05) is 25.1 Å². The number of nitrogens with one attached hydrogen (secondary N) is 1. The fourth-order valence-electron chi connectivity index (χ4n) is 5.27. The van der Waals surface area contributed by atoms with Crippen molar-refractivity contribution in [3.8, 4) is 0 Å². The van der Waals surface area contributed by atoms with Crippen LogP contribution in [0.1, 0.15) is 69.7 Å². The fourth-order valence-corrected chi connectivity index (χ4v) is 5.27. The Morgan fingerprint density at radius 3 is 2.58 bits per heavy atom. The lowest BCUT2D eigenvalue weighted by Gasteiger charge is -2.48. The van der Waals surface area contributed by atoms with E-state index in [0.717, 1.165) is 13.1 Å². The minimum atomic E-state index is -0.712. The Morgan fingerprint density at radius 2 is 1.84 bits per heavy atom. The van der Waals surface area contributed by atoms with Gasteiger partial charge in [0.25, 0.3) is 5.91 Å². The molecule has 0 aliphatic carbocycles. The predicted molar refractivity (Wildman–Crippen MR) is 120 cm³/mol. The smallest absolute Gasteiger partial charge is 0.257 e. The Balaban J connectivity index is 1.41. The number of likely N-dealkylation sites (tertiary alicyclic amines) is 1. The number of para-hydroxylation sites is 1. The second kappa shape index (κ2) is 8.26. The molecule has 7 heteroatoms. The molecule has 1 aromatic rings. The van der Waals surface area contributed by atoms with Crippen LogP contribution in [0.2, 0.25) is 0 Å². The van der Waals surface area contributed by atoms with E-state index in [4.69, 9.17) is 0 Å². The number of nitrogens with zero attached hydrogens (tertiary/aromatic N) is 3. The number of carbonyl (C=O) groups is 3. The third kappa shape index (κ3) is 3.95. The molecule has 1 N–H and O–H groups in total. The van der Waals surface area contributed by atoms with E-state index >= 15 is 0 Å². The standard InChI is InChI=1S/C24H34N4O3/c1-23(2,26-14-7-4-8-15-26)17-25-20(29)12-16-27-22(31)18-9-5-6-10-19(18)28-21(30)11-13-24(27,28)3/h5-6,9-10H,4,7-8,11-17H2,1-3H3,(H,25,29). The molecule has 1 aromatic carbocycles. The number of hydrogen-bond acceptors (Lipinski definition) is 4. The van der Waals surface area contributed by atoms with Crippen molar-refractivity contribution in [3.63, 3.8) is 0 Å². The van der Waals surface area contributed by atoms with Gasteiger partial charge in [-0.1, -0.05) is 18.6 Å². The summed E-state index contributed by atoms with van der Waals surface area (Å²) in [7, 11) is 0. The highest BCUT2D eigenvalue weighted by Crippen LogP contribution is 2.43. The Labute approximate surface area is 184 Å². The fraction of sp³-hybridized carbons (Fsp3) is 0.625. The summed E-state index contributed by atoms with van der Waals surface area (Å²) in [4.78, 5) is 44.5. The molecular weight excluding hydrogens is 392 g/mol. The van der Waals surface area contributed by atoms with Gasteiger partial charge in [0, 0.05) is 31.5 Å².